The molecule has 0 amide bonds. The minimum Gasteiger partial charge on any atom is -0.384 e. The molecule has 2 rings (SSSR count). The maximum absolute atomic E-state index is 5.88. The summed E-state index contributed by atoms with van der Waals surface area (Å²) in [5.41, 5.74) is 5.87. The molecule has 0 aromatic carbocycles. The minimum absolute atomic E-state index is 0.0793. The van der Waals surface area contributed by atoms with Crippen molar-refractivity contribution in [3.05, 3.63) is 11.9 Å². The average Bonchev–Trinajstić information content (AvgIpc) is 2.96. The number of nitrogen functional groups attached to an aromatic ring is 1. The third kappa shape index (κ3) is 2.92. The number of nitrogens with zero attached hydrogens (tertiary/aromatic N) is 2. The molecule has 100 valence electrons. The first-order valence-electron chi connectivity index (χ1n) is 6.62. The van der Waals surface area contributed by atoms with Gasteiger partial charge in [0.2, 0.25) is 0 Å². The zero-order valence-corrected chi connectivity index (χ0v) is 12.0. The Morgan fingerprint density at radius 3 is 2.28 bits per heavy atom. The molecule has 3 N–H and O–H groups in total. The molecular weight excluding hydrogens is 224 g/mol. The summed E-state index contributed by atoms with van der Waals surface area (Å²) >= 11 is 0. The highest BCUT2D eigenvalue weighted by Gasteiger charge is 2.38. The molecule has 0 unspecified atom stereocenters. The van der Waals surface area contributed by atoms with Gasteiger partial charge in [0.1, 0.15) is 17.5 Å². The monoisotopic (exact) mass is 248 g/mol. The summed E-state index contributed by atoms with van der Waals surface area (Å²) in [4.78, 5) is 8.92. The molecule has 1 saturated carbocycles. The van der Waals surface area contributed by atoms with E-state index in [1.165, 1.54) is 12.8 Å². The van der Waals surface area contributed by atoms with Crippen LogP contribution in [0.3, 0.4) is 0 Å². The molecule has 0 spiro atoms. The first-order chi connectivity index (χ1) is 8.18. The molecule has 1 fully saturated rings. The standard InChI is InChI=1S/C14H24N4/c1-13(2,3)12-16-10(15)8-11(17-12)18-14(4,5)9-6-7-9/h8-9H,6-7H2,1-5H3,(H3,15,16,17,18). The highest BCUT2D eigenvalue weighted by Crippen LogP contribution is 2.41. The van der Waals surface area contributed by atoms with Crippen molar-refractivity contribution in [2.45, 2.75) is 58.4 Å². The molecule has 0 aliphatic heterocycles. The molecule has 0 radical (unpaired) electrons. The molecule has 18 heavy (non-hydrogen) atoms. The van der Waals surface area contributed by atoms with Crippen LogP contribution in [0.2, 0.25) is 0 Å². The van der Waals surface area contributed by atoms with E-state index in [1.807, 2.05) is 6.07 Å². The van der Waals surface area contributed by atoms with Crippen LogP contribution in [0.25, 0.3) is 0 Å². The molecule has 1 aliphatic carbocycles. The predicted molar refractivity (Wildman–Crippen MR) is 75.6 cm³/mol. The normalized spacial score (nSPS) is 16.7. The summed E-state index contributed by atoms with van der Waals surface area (Å²) in [6, 6.07) is 1.82. The molecule has 1 heterocycles. The number of anilines is 2. The van der Waals surface area contributed by atoms with Crippen molar-refractivity contribution < 1.29 is 0 Å². The summed E-state index contributed by atoms with van der Waals surface area (Å²) in [6.07, 6.45) is 2.60. The topological polar surface area (TPSA) is 63.8 Å². The van der Waals surface area contributed by atoms with E-state index >= 15 is 0 Å². The third-order valence-corrected chi connectivity index (χ3v) is 3.46. The number of rotatable bonds is 3. The number of hydrogen-bond acceptors (Lipinski definition) is 4. The lowest BCUT2D eigenvalue weighted by atomic mass is 9.95. The van der Waals surface area contributed by atoms with Gasteiger partial charge in [0.15, 0.2) is 0 Å². The molecule has 0 atom stereocenters. The Balaban J connectivity index is 2.25. The van der Waals surface area contributed by atoms with Crippen molar-refractivity contribution in [1.29, 1.82) is 0 Å². The van der Waals surface area contributed by atoms with E-state index in [4.69, 9.17) is 5.73 Å². The summed E-state index contributed by atoms with van der Waals surface area (Å²) in [7, 11) is 0. The molecule has 1 aromatic heterocycles. The number of nitrogens with one attached hydrogen (secondary N) is 1. The van der Waals surface area contributed by atoms with Crippen molar-refractivity contribution in [1.82, 2.24) is 9.97 Å². The first-order valence-corrected chi connectivity index (χ1v) is 6.62. The smallest absolute Gasteiger partial charge is 0.138 e. The van der Waals surface area contributed by atoms with E-state index in [0.29, 0.717) is 5.82 Å². The lowest BCUT2D eigenvalue weighted by molar-refractivity contribution is 0.489. The van der Waals surface area contributed by atoms with Gasteiger partial charge in [-0.05, 0) is 32.6 Å². The summed E-state index contributed by atoms with van der Waals surface area (Å²) < 4.78 is 0. The average molecular weight is 248 g/mol. The van der Waals surface area contributed by atoms with Gasteiger partial charge in [-0.3, -0.25) is 0 Å². The van der Waals surface area contributed by atoms with Crippen LogP contribution in [0.15, 0.2) is 6.07 Å². The van der Waals surface area contributed by atoms with Gasteiger partial charge in [0.05, 0.1) is 0 Å². The Morgan fingerprint density at radius 2 is 1.78 bits per heavy atom. The van der Waals surface area contributed by atoms with Gasteiger partial charge in [-0.1, -0.05) is 20.8 Å². The highest BCUT2D eigenvalue weighted by atomic mass is 15.1. The second-order valence-electron chi connectivity index (χ2n) is 6.87. The Kier molecular flexibility index (Phi) is 2.99. The van der Waals surface area contributed by atoms with E-state index < -0.39 is 0 Å². The van der Waals surface area contributed by atoms with Crippen LogP contribution < -0.4 is 11.1 Å². The van der Waals surface area contributed by atoms with Crippen molar-refractivity contribution >= 4 is 11.6 Å². The van der Waals surface area contributed by atoms with Gasteiger partial charge >= 0.3 is 0 Å². The quantitative estimate of drug-likeness (QED) is 0.863. The summed E-state index contributed by atoms with van der Waals surface area (Å²) in [5.74, 6) is 2.90. The number of aromatic nitrogens is 2. The highest BCUT2D eigenvalue weighted by molar-refractivity contribution is 5.47. The number of hydrogen-bond donors (Lipinski definition) is 2. The Bertz CT molecular complexity index is 442. The largest absolute Gasteiger partial charge is 0.384 e. The van der Waals surface area contributed by atoms with E-state index in [0.717, 1.165) is 17.6 Å². The van der Waals surface area contributed by atoms with Gasteiger partial charge < -0.3 is 11.1 Å². The maximum atomic E-state index is 5.88. The second kappa shape index (κ2) is 4.11. The van der Waals surface area contributed by atoms with Crippen LogP contribution >= 0.6 is 0 Å². The van der Waals surface area contributed by atoms with Gasteiger partial charge in [-0.2, -0.15) is 0 Å². The Labute approximate surface area is 109 Å². The fourth-order valence-electron chi connectivity index (χ4n) is 2.10. The molecule has 1 aromatic rings. The van der Waals surface area contributed by atoms with Crippen LogP contribution in [-0.4, -0.2) is 15.5 Å². The molecule has 0 bridgehead atoms. The van der Waals surface area contributed by atoms with Crippen molar-refractivity contribution in [3.63, 3.8) is 0 Å². The van der Waals surface area contributed by atoms with Gasteiger partial charge in [0.25, 0.3) is 0 Å². The van der Waals surface area contributed by atoms with Crippen LogP contribution in [0, 0.1) is 5.92 Å². The SMILES string of the molecule is CC(C)(C)c1nc(N)cc(NC(C)(C)C2CC2)n1. The zero-order chi connectivity index (χ0) is 13.6. The molecule has 4 nitrogen and oxygen atoms in total. The third-order valence-electron chi connectivity index (χ3n) is 3.46. The van der Waals surface area contributed by atoms with Crippen molar-refractivity contribution in [2.24, 2.45) is 5.92 Å². The first kappa shape index (κ1) is 13.1. The van der Waals surface area contributed by atoms with E-state index in [2.05, 4.69) is 49.9 Å². The molecular formula is C14H24N4. The zero-order valence-electron chi connectivity index (χ0n) is 12.0. The van der Waals surface area contributed by atoms with Gasteiger partial charge in [0, 0.05) is 17.0 Å². The lowest BCUT2D eigenvalue weighted by Crippen LogP contribution is -2.34. The van der Waals surface area contributed by atoms with E-state index in [-0.39, 0.29) is 11.0 Å². The minimum atomic E-state index is -0.0878. The van der Waals surface area contributed by atoms with Crippen LogP contribution in [0.4, 0.5) is 11.6 Å². The molecule has 1 aliphatic rings. The molecule has 4 heteroatoms. The van der Waals surface area contributed by atoms with E-state index in [1.54, 1.807) is 0 Å². The van der Waals surface area contributed by atoms with Crippen molar-refractivity contribution in [2.75, 3.05) is 11.1 Å². The second-order valence-corrected chi connectivity index (χ2v) is 6.87. The fourth-order valence-corrected chi connectivity index (χ4v) is 2.10. The lowest BCUT2D eigenvalue weighted by Gasteiger charge is -2.28. The van der Waals surface area contributed by atoms with Crippen LogP contribution in [-0.2, 0) is 5.41 Å². The summed E-state index contributed by atoms with van der Waals surface area (Å²) in [5, 5.41) is 3.50. The predicted octanol–water partition coefficient (Wildman–Crippen LogP) is 2.96. The van der Waals surface area contributed by atoms with E-state index in [9.17, 15) is 0 Å². The Hall–Kier alpha value is -1.32. The van der Waals surface area contributed by atoms with Crippen LogP contribution in [0.1, 0.15) is 53.3 Å². The Morgan fingerprint density at radius 1 is 1.17 bits per heavy atom. The fraction of sp³-hybridized carbons (Fsp3) is 0.714. The number of nitrogens with two attached hydrogens (primary N) is 1. The van der Waals surface area contributed by atoms with Gasteiger partial charge in [-0.15, -0.1) is 0 Å². The van der Waals surface area contributed by atoms with Gasteiger partial charge in [-0.25, -0.2) is 9.97 Å². The summed E-state index contributed by atoms with van der Waals surface area (Å²) in [6.45, 7) is 10.7. The van der Waals surface area contributed by atoms with Crippen molar-refractivity contribution in [3.8, 4) is 0 Å². The molecule has 0 saturated heterocycles. The van der Waals surface area contributed by atoms with Crippen LogP contribution in [0.5, 0.6) is 0 Å². The maximum Gasteiger partial charge on any atom is 0.138 e.